The molecule has 0 spiro atoms. The molecule has 18 heavy (non-hydrogen) atoms. The van der Waals surface area contributed by atoms with Crippen LogP contribution in [0.2, 0.25) is 0 Å². The van der Waals surface area contributed by atoms with Gasteiger partial charge in [0.1, 0.15) is 12.0 Å². The topological polar surface area (TPSA) is 59.0 Å². The lowest BCUT2D eigenvalue weighted by Crippen LogP contribution is -1.98. The average Bonchev–Trinajstić information content (AvgIpc) is 2.92. The van der Waals surface area contributed by atoms with Gasteiger partial charge in [-0.1, -0.05) is 11.8 Å². The molecule has 0 amide bonds. The van der Waals surface area contributed by atoms with E-state index in [4.69, 9.17) is 14.4 Å². The quantitative estimate of drug-likeness (QED) is 0.590. The van der Waals surface area contributed by atoms with Gasteiger partial charge in [0, 0.05) is 5.75 Å². The summed E-state index contributed by atoms with van der Waals surface area (Å²) in [7, 11) is 0. The first-order chi connectivity index (χ1) is 8.88. The highest BCUT2D eigenvalue weighted by Crippen LogP contribution is 2.16. The van der Waals surface area contributed by atoms with Crippen molar-refractivity contribution in [3.63, 3.8) is 0 Å². The van der Waals surface area contributed by atoms with Crippen molar-refractivity contribution in [2.24, 2.45) is 0 Å². The van der Waals surface area contributed by atoms with E-state index in [0.717, 1.165) is 17.9 Å². The first-order valence-corrected chi connectivity index (χ1v) is 6.52. The molecule has 0 aliphatic carbocycles. The molecule has 92 valence electrons. The number of aromatic nitrogens is 1. The lowest BCUT2D eigenvalue weighted by atomic mass is 10.2. The Morgan fingerprint density at radius 3 is 2.83 bits per heavy atom. The second-order valence-electron chi connectivity index (χ2n) is 3.48. The summed E-state index contributed by atoms with van der Waals surface area (Å²) in [5.74, 6) is 1.69. The van der Waals surface area contributed by atoms with Gasteiger partial charge >= 0.3 is 0 Å². The van der Waals surface area contributed by atoms with Crippen molar-refractivity contribution in [2.75, 3.05) is 12.4 Å². The van der Waals surface area contributed by atoms with E-state index in [1.165, 1.54) is 0 Å². The number of hydrogen-bond donors (Lipinski definition) is 0. The number of ether oxygens (including phenoxy) is 1. The maximum Gasteiger partial charge on any atom is 0.255 e. The molecule has 0 aliphatic rings. The smallest absolute Gasteiger partial charge is 0.255 e. The third-order valence-corrected chi connectivity index (χ3v) is 3.12. The lowest BCUT2D eigenvalue weighted by molar-refractivity contribution is 0.318. The highest BCUT2D eigenvalue weighted by molar-refractivity contribution is 7.99. The number of benzene rings is 1. The Bertz CT molecular complexity index is 503. The van der Waals surface area contributed by atoms with Crippen LogP contribution in [0.15, 0.2) is 46.4 Å². The number of rotatable bonds is 6. The number of oxazole rings is 1. The third-order valence-electron chi connectivity index (χ3n) is 2.18. The summed E-state index contributed by atoms with van der Waals surface area (Å²) in [4.78, 5) is 4.02. The Balaban J connectivity index is 1.64. The SMILES string of the molecule is N#Cc1ccc(OCCCSc2ncco2)cc1. The molecule has 0 bridgehead atoms. The molecule has 0 N–H and O–H groups in total. The molecular weight excluding hydrogens is 248 g/mol. The van der Waals surface area contributed by atoms with E-state index >= 15 is 0 Å². The molecule has 1 aromatic heterocycles. The standard InChI is InChI=1S/C13H12N2O2S/c14-10-11-2-4-12(5-3-11)16-7-1-9-18-13-15-6-8-17-13/h2-6,8H,1,7,9H2. The Morgan fingerprint density at radius 2 is 2.17 bits per heavy atom. The van der Waals surface area contributed by atoms with E-state index in [0.29, 0.717) is 17.4 Å². The monoisotopic (exact) mass is 260 g/mol. The van der Waals surface area contributed by atoms with Crippen LogP contribution in [0.3, 0.4) is 0 Å². The molecule has 0 fully saturated rings. The van der Waals surface area contributed by atoms with E-state index in [9.17, 15) is 0 Å². The number of thioether (sulfide) groups is 1. The van der Waals surface area contributed by atoms with E-state index < -0.39 is 0 Å². The molecule has 2 aromatic rings. The van der Waals surface area contributed by atoms with Gasteiger partial charge in [-0.05, 0) is 30.7 Å². The van der Waals surface area contributed by atoms with Gasteiger partial charge in [0.15, 0.2) is 0 Å². The average molecular weight is 260 g/mol. The molecule has 0 saturated heterocycles. The number of nitriles is 1. The summed E-state index contributed by atoms with van der Waals surface area (Å²) in [6, 6.07) is 9.17. The molecule has 1 aromatic carbocycles. The molecular formula is C13H12N2O2S. The summed E-state index contributed by atoms with van der Waals surface area (Å²) in [6.45, 7) is 0.639. The van der Waals surface area contributed by atoms with E-state index in [1.54, 1.807) is 48.5 Å². The van der Waals surface area contributed by atoms with Crippen LogP contribution in [-0.2, 0) is 0 Å². The fourth-order valence-electron chi connectivity index (χ4n) is 1.32. The molecule has 0 unspecified atom stereocenters. The van der Waals surface area contributed by atoms with Crippen LogP contribution in [0.1, 0.15) is 12.0 Å². The fraction of sp³-hybridized carbons (Fsp3) is 0.231. The number of nitrogens with zero attached hydrogens (tertiary/aromatic N) is 2. The van der Waals surface area contributed by atoms with Crippen LogP contribution in [0.5, 0.6) is 5.75 Å². The van der Waals surface area contributed by atoms with Crippen LogP contribution in [0.4, 0.5) is 0 Å². The predicted octanol–water partition coefficient (Wildman–Crippen LogP) is 3.11. The molecule has 0 aliphatic heterocycles. The van der Waals surface area contributed by atoms with E-state index in [1.807, 2.05) is 0 Å². The second kappa shape index (κ2) is 6.72. The minimum absolute atomic E-state index is 0.639. The summed E-state index contributed by atoms with van der Waals surface area (Å²) < 4.78 is 10.7. The number of hydrogen-bond acceptors (Lipinski definition) is 5. The van der Waals surface area contributed by atoms with Gasteiger partial charge in [-0.3, -0.25) is 0 Å². The largest absolute Gasteiger partial charge is 0.494 e. The van der Waals surface area contributed by atoms with Crippen LogP contribution in [0, 0.1) is 11.3 Å². The zero-order valence-corrected chi connectivity index (χ0v) is 10.5. The molecule has 4 nitrogen and oxygen atoms in total. The van der Waals surface area contributed by atoms with Gasteiger partial charge in [0.25, 0.3) is 5.22 Å². The van der Waals surface area contributed by atoms with Crippen molar-refractivity contribution >= 4 is 11.8 Å². The zero-order valence-electron chi connectivity index (χ0n) is 9.70. The highest BCUT2D eigenvalue weighted by Gasteiger charge is 1.99. The van der Waals surface area contributed by atoms with Crippen molar-refractivity contribution in [2.45, 2.75) is 11.6 Å². The summed E-state index contributed by atoms with van der Waals surface area (Å²) >= 11 is 1.57. The Morgan fingerprint density at radius 1 is 1.33 bits per heavy atom. The van der Waals surface area contributed by atoms with Crippen molar-refractivity contribution in [1.29, 1.82) is 5.26 Å². The minimum Gasteiger partial charge on any atom is -0.494 e. The van der Waals surface area contributed by atoms with Gasteiger partial charge < -0.3 is 9.15 Å². The first kappa shape index (κ1) is 12.5. The Hall–Kier alpha value is -1.93. The predicted molar refractivity (Wildman–Crippen MR) is 68.5 cm³/mol. The lowest BCUT2D eigenvalue weighted by Gasteiger charge is -2.04. The highest BCUT2D eigenvalue weighted by atomic mass is 32.2. The first-order valence-electron chi connectivity index (χ1n) is 5.54. The Labute approximate surface area is 110 Å². The summed E-state index contributed by atoms with van der Waals surface area (Å²) in [5, 5.41) is 9.34. The molecule has 0 radical (unpaired) electrons. The second-order valence-corrected chi connectivity index (χ2v) is 4.53. The molecule has 1 heterocycles. The normalized spacial score (nSPS) is 9.94. The zero-order chi connectivity index (χ0) is 12.6. The minimum atomic E-state index is 0.639. The Kier molecular flexibility index (Phi) is 4.68. The molecule has 0 saturated carbocycles. The van der Waals surface area contributed by atoms with Gasteiger partial charge in [-0.15, -0.1) is 0 Å². The maximum atomic E-state index is 8.66. The molecule has 5 heteroatoms. The molecule has 0 atom stereocenters. The van der Waals surface area contributed by atoms with Gasteiger partial charge in [-0.25, -0.2) is 4.98 Å². The van der Waals surface area contributed by atoms with E-state index in [2.05, 4.69) is 11.1 Å². The third kappa shape index (κ3) is 3.82. The van der Waals surface area contributed by atoms with Crippen LogP contribution in [0.25, 0.3) is 0 Å². The van der Waals surface area contributed by atoms with Gasteiger partial charge in [-0.2, -0.15) is 5.26 Å². The fourth-order valence-corrected chi connectivity index (χ4v) is 2.01. The van der Waals surface area contributed by atoms with Crippen molar-refractivity contribution in [1.82, 2.24) is 4.98 Å². The van der Waals surface area contributed by atoms with Crippen LogP contribution >= 0.6 is 11.8 Å². The van der Waals surface area contributed by atoms with E-state index in [-0.39, 0.29) is 0 Å². The van der Waals surface area contributed by atoms with Gasteiger partial charge in [0.05, 0.1) is 24.4 Å². The molecule has 2 rings (SSSR count). The van der Waals surface area contributed by atoms with Crippen molar-refractivity contribution in [3.8, 4) is 11.8 Å². The summed E-state index contributed by atoms with van der Waals surface area (Å²) in [5.41, 5.74) is 0.641. The van der Waals surface area contributed by atoms with Crippen molar-refractivity contribution in [3.05, 3.63) is 42.3 Å². The van der Waals surface area contributed by atoms with Gasteiger partial charge in [0.2, 0.25) is 0 Å². The van der Waals surface area contributed by atoms with Crippen LogP contribution < -0.4 is 4.74 Å². The summed E-state index contributed by atoms with van der Waals surface area (Å²) in [6.07, 6.45) is 4.11. The van der Waals surface area contributed by atoms with Crippen LogP contribution in [-0.4, -0.2) is 17.3 Å². The van der Waals surface area contributed by atoms with Crippen molar-refractivity contribution < 1.29 is 9.15 Å². The maximum absolute atomic E-state index is 8.66.